The van der Waals surface area contributed by atoms with E-state index >= 15 is 0 Å². The summed E-state index contributed by atoms with van der Waals surface area (Å²) in [7, 11) is 0. The predicted octanol–water partition coefficient (Wildman–Crippen LogP) is 2.22. The zero-order chi connectivity index (χ0) is 18.7. The molecule has 26 heavy (non-hydrogen) atoms. The molecule has 1 saturated carbocycles. The smallest absolute Gasteiger partial charge is 0.280 e. The van der Waals surface area contributed by atoms with Crippen LogP contribution in [-0.4, -0.2) is 35.9 Å². The summed E-state index contributed by atoms with van der Waals surface area (Å²) in [5.74, 6) is -0.250. The molecule has 0 unspecified atom stereocenters. The summed E-state index contributed by atoms with van der Waals surface area (Å²) in [4.78, 5) is 25.5. The molecule has 0 radical (unpaired) electrons. The van der Waals surface area contributed by atoms with E-state index in [4.69, 9.17) is 11.6 Å². The second-order valence-electron chi connectivity index (χ2n) is 6.30. The Morgan fingerprint density at radius 2 is 1.88 bits per heavy atom. The van der Waals surface area contributed by atoms with Gasteiger partial charge in [-0.1, -0.05) is 36.0 Å². The monoisotopic (exact) mass is 379 g/mol. The molecule has 0 atom stereocenters. The molecule has 10 heteroatoms. The molecule has 1 amide bonds. The summed E-state index contributed by atoms with van der Waals surface area (Å²) in [6.45, 7) is 4.54. The van der Waals surface area contributed by atoms with Crippen molar-refractivity contribution in [2.45, 2.75) is 65.0 Å². The maximum atomic E-state index is 12.8. The summed E-state index contributed by atoms with van der Waals surface area (Å²) in [6, 6.07) is 0. The minimum atomic E-state index is -0.529. The highest BCUT2D eigenvalue weighted by atomic mass is 35.5. The number of carbonyl (C=O) groups excluding carboxylic acids is 1. The van der Waals surface area contributed by atoms with Crippen molar-refractivity contribution >= 4 is 23.5 Å². The van der Waals surface area contributed by atoms with Crippen LogP contribution in [0.4, 0.5) is 5.95 Å². The van der Waals surface area contributed by atoms with Crippen molar-refractivity contribution < 1.29 is 4.79 Å². The molecule has 3 rings (SSSR count). The van der Waals surface area contributed by atoms with Crippen molar-refractivity contribution in [1.82, 2.24) is 30.0 Å². The van der Waals surface area contributed by atoms with E-state index in [1.807, 2.05) is 13.8 Å². The van der Waals surface area contributed by atoms with Crippen molar-refractivity contribution in [2.24, 2.45) is 0 Å². The number of hydrogen-bond donors (Lipinski definition) is 1. The second kappa shape index (κ2) is 7.94. The third-order valence-corrected chi connectivity index (χ3v) is 5.10. The number of hydrogen-bond acceptors (Lipinski definition) is 6. The first-order valence-corrected chi connectivity index (χ1v) is 9.32. The molecule has 9 nitrogen and oxygen atoms in total. The highest BCUT2D eigenvalue weighted by Crippen LogP contribution is 2.35. The van der Waals surface area contributed by atoms with Gasteiger partial charge in [-0.3, -0.25) is 14.9 Å². The normalized spacial score (nSPS) is 15.2. The average Bonchev–Trinajstić information content (AvgIpc) is 3.10. The Balaban J connectivity index is 2.00. The van der Waals surface area contributed by atoms with Gasteiger partial charge in [0.2, 0.25) is 5.95 Å². The molecular formula is C16H22ClN7O2. The van der Waals surface area contributed by atoms with Crippen LogP contribution < -0.4 is 10.9 Å². The van der Waals surface area contributed by atoms with Crippen LogP contribution in [-0.2, 0) is 13.1 Å². The lowest BCUT2D eigenvalue weighted by Gasteiger charge is -2.23. The Kier molecular flexibility index (Phi) is 5.65. The zero-order valence-electron chi connectivity index (χ0n) is 14.9. The van der Waals surface area contributed by atoms with Gasteiger partial charge in [0.25, 0.3) is 11.5 Å². The average molecular weight is 380 g/mol. The van der Waals surface area contributed by atoms with E-state index < -0.39 is 5.91 Å². The van der Waals surface area contributed by atoms with E-state index in [9.17, 15) is 9.59 Å². The van der Waals surface area contributed by atoms with Gasteiger partial charge in [-0.25, -0.2) is 9.36 Å². The van der Waals surface area contributed by atoms with Gasteiger partial charge in [-0.05, 0) is 43.0 Å². The van der Waals surface area contributed by atoms with Gasteiger partial charge in [0.15, 0.2) is 5.69 Å². The quantitative estimate of drug-likeness (QED) is 0.853. The Hall–Kier alpha value is -2.29. The van der Waals surface area contributed by atoms with Crippen LogP contribution in [0.3, 0.4) is 0 Å². The van der Waals surface area contributed by atoms with Crippen LogP contribution in [0.25, 0.3) is 0 Å². The van der Waals surface area contributed by atoms with Crippen molar-refractivity contribution in [3.8, 4) is 0 Å². The van der Waals surface area contributed by atoms with Crippen molar-refractivity contribution in [1.29, 1.82) is 0 Å². The Bertz CT molecular complexity index is 855. The van der Waals surface area contributed by atoms with E-state index in [1.165, 1.54) is 9.36 Å². The van der Waals surface area contributed by atoms with Gasteiger partial charge in [0.1, 0.15) is 0 Å². The molecule has 2 aromatic heterocycles. The topological polar surface area (TPSA) is 108 Å². The van der Waals surface area contributed by atoms with Crippen molar-refractivity contribution in [3.63, 3.8) is 0 Å². The van der Waals surface area contributed by atoms with Gasteiger partial charge >= 0.3 is 0 Å². The fraction of sp³-hybridized carbons (Fsp3) is 0.625. The molecule has 1 fully saturated rings. The summed E-state index contributed by atoms with van der Waals surface area (Å²) < 4.78 is 2.75. The van der Waals surface area contributed by atoms with Crippen molar-refractivity contribution in [2.75, 3.05) is 5.32 Å². The number of carbonyl (C=O) groups is 1. The van der Waals surface area contributed by atoms with Crippen LogP contribution in [0.5, 0.6) is 0 Å². The first kappa shape index (κ1) is 18.5. The molecule has 1 N–H and O–H groups in total. The molecule has 0 aliphatic heterocycles. The van der Waals surface area contributed by atoms with Gasteiger partial charge in [-0.15, -0.1) is 0 Å². The van der Waals surface area contributed by atoms with Crippen molar-refractivity contribution in [3.05, 3.63) is 26.6 Å². The zero-order valence-corrected chi connectivity index (χ0v) is 15.7. The minimum absolute atomic E-state index is 0.0272. The van der Waals surface area contributed by atoms with Gasteiger partial charge in [0, 0.05) is 18.7 Å². The van der Waals surface area contributed by atoms with Crippen LogP contribution in [0, 0.1) is 0 Å². The molecule has 0 spiro atoms. The summed E-state index contributed by atoms with van der Waals surface area (Å²) in [5, 5.41) is 18.0. The molecule has 0 saturated heterocycles. The predicted molar refractivity (Wildman–Crippen MR) is 96.5 cm³/mol. The van der Waals surface area contributed by atoms with Gasteiger partial charge in [0.05, 0.1) is 5.02 Å². The molecule has 1 aliphatic carbocycles. The summed E-state index contributed by atoms with van der Waals surface area (Å²) >= 11 is 6.49. The molecule has 2 aromatic rings. The van der Waals surface area contributed by atoms with Crippen LogP contribution in [0.15, 0.2) is 4.79 Å². The van der Waals surface area contributed by atoms with E-state index in [2.05, 4.69) is 25.9 Å². The number of aromatic nitrogens is 6. The Morgan fingerprint density at radius 1 is 1.19 bits per heavy atom. The molecule has 2 heterocycles. The SMILES string of the molecule is CCn1nnnc1NC(=O)c1nn(CC)c(=O)c(C2CCCCC2)c1Cl. The lowest BCUT2D eigenvalue weighted by molar-refractivity contribution is 0.101. The number of nitrogens with zero attached hydrogens (tertiary/aromatic N) is 6. The molecular weight excluding hydrogens is 358 g/mol. The number of tetrazole rings is 1. The maximum Gasteiger partial charge on any atom is 0.280 e. The van der Waals surface area contributed by atoms with E-state index in [0.717, 1.165) is 32.1 Å². The number of rotatable bonds is 5. The molecule has 0 aromatic carbocycles. The van der Waals surface area contributed by atoms with E-state index in [0.29, 0.717) is 18.7 Å². The lowest BCUT2D eigenvalue weighted by Crippen LogP contribution is -2.32. The number of nitrogens with one attached hydrogen (secondary N) is 1. The van der Waals surface area contributed by atoms with Crippen LogP contribution in [0.2, 0.25) is 5.02 Å². The summed E-state index contributed by atoms with van der Waals surface area (Å²) in [6.07, 6.45) is 5.08. The van der Waals surface area contributed by atoms with Crippen LogP contribution in [0.1, 0.15) is 67.9 Å². The van der Waals surface area contributed by atoms with Crippen LogP contribution >= 0.6 is 11.6 Å². The van der Waals surface area contributed by atoms with Gasteiger partial charge in [-0.2, -0.15) is 5.10 Å². The maximum absolute atomic E-state index is 12.8. The largest absolute Gasteiger partial charge is 0.288 e. The lowest BCUT2D eigenvalue weighted by atomic mass is 9.84. The fourth-order valence-corrected chi connectivity index (χ4v) is 3.70. The Morgan fingerprint density at radius 3 is 2.54 bits per heavy atom. The number of aryl methyl sites for hydroxylation is 2. The molecule has 1 aliphatic rings. The Labute approximate surface area is 155 Å². The highest BCUT2D eigenvalue weighted by Gasteiger charge is 2.28. The number of anilines is 1. The molecule has 140 valence electrons. The standard InChI is InChI=1S/C16H22ClN7O2/c1-3-23-15(26)11(10-8-6-5-7-9-10)12(17)13(20-23)14(25)18-16-19-21-22-24(16)4-2/h10H,3-9H2,1-2H3,(H,18,19,22,25). The first-order valence-electron chi connectivity index (χ1n) is 8.94. The molecule has 0 bridgehead atoms. The number of amides is 1. The first-order chi connectivity index (χ1) is 12.6. The third-order valence-electron chi connectivity index (χ3n) is 4.71. The van der Waals surface area contributed by atoms with E-state index in [1.54, 1.807) is 0 Å². The van der Waals surface area contributed by atoms with E-state index in [-0.39, 0.29) is 28.1 Å². The minimum Gasteiger partial charge on any atom is -0.288 e. The third kappa shape index (κ3) is 3.48. The second-order valence-corrected chi connectivity index (χ2v) is 6.68. The summed E-state index contributed by atoms with van der Waals surface area (Å²) in [5.41, 5.74) is 0.321. The van der Waals surface area contributed by atoms with Gasteiger partial charge < -0.3 is 0 Å². The highest BCUT2D eigenvalue weighted by molar-refractivity contribution is 6.34. The fourth-order valence-electron chi connectivity index (χ4n) is 3.34. The number of halogens is 1.